The molecular formula is C18H26N2S. The molecule has 3 heteroatoms. The van der Waals surface area contributed by atoms with E-state index < -0.39 is 0 Å². The Hall–Kier alpha value is -1.32. The van der Waals surface area contributed by atoms with Crippen molar-refractivity contribution in [2.24, 2.45) is 0 Å². The van der Waals surface area contributed by atoms with Gasteiger partial charge in [-0.1, -0.05) is 26.0 Å². The number of nitrogens with one attached hydrogen (secondary N) is 1. The Morgan fingerprint density at radius 1 is 1.19 bits per heavy atom. The van der Waals surface area contributed by atoms with Gasteiger partial charge in [0, 0.05) is 41.6 Å². The molecule has 2 aromatic rings. The van der Waals surface area contributed by atoms with E-state index >= 15 is 0 Å². The molecular weight excluding hydrogens is 276 g/mol. The number of benzene rings is 1. The molecule has 0 aliphatic rings. The summed E-state index contributed by atoms with van der Waals surface area (Å²) in [6, 6.07) is 11.6. The molecule has 0 aliphatic heterocycles. The first kappa shape index (κ1) is 16.1. The first-order valence-corrected chi connectivity index (χ1v) is 8.36. The molecule has 2 nitrogen and oxygen atoms in total. The average Bonchev–Trinajstić information content (AvgIpc) is 2.77. The van der Waals surface area contributed by atoms with Crippen molar-refractivity contribution in [2.75, 3.05) is 11.9 Å². The zero-order valence-electron chi connectivity index (χ0n) is 13.7. The van der Waals surface area contributed by atoms with Gasteiger partial charge in [-0.25, -0.2) is 0 Å². The fraction of sp³-hybridized carbons (Fsp3) is 0.444. The molecule has 0 saturated carbocycles. The molecule has 1 heterocycles. The summed E-state index contributed by atoms with van der Waals surface area (Å²) in [5.41, 5.74) is 4.02. The standard InChI is InChI=1S/C18H26N2S/c1-13(2)19-11-18-10-16(15(4)21-18)12-20(5)17-8-6-7-14(3)9-17/h6-10,13,19H,11-12H2,1-5H3. The van der Waals surface area contributed by atoms with E-state index in [0.717, 1.165) is 13.1 Å². The van der Waals surface area contributed by atoms with E-state index in [9.17, 15) is 0 Å². The maximum atomic E-state index is 3.49. The largest absolute Gasteiger partial charge is 0.370 e. The van der Waals surface area contributed by atoms with Crippen LogP contribution in [0.25, 0.3) is 0 Å². The fourth-order valence-electron chi connectivity index (χ4n) is 2.35. The van der Waals surface area contributed by atoms with E-state index in [2.05, 4.69) is 75.3 Å². The first-order chi connectivity index (χ1) is 9.95. The van der Waals surface area contributed by atoms with Crippen molar-refractivity contribution in [3.8, 4) is 0 Å². The summed E-state index contributed by atoms with van der Waals surface area (Å²) in [7, 11) is 2.16. The summed E-state index contributed by atoms with van der Waals surface area (Å²) in [5.74, 6) is 0. The second-order valence-corrected chi connectivity index (χ2v) is 7.37. The molecule has 2 rings (SSSR count). The topological polar surface area (TPSA) is 15.3 Å². The maximum absolute atomic E-state index is 3.49. The lowest BCUT2D eigenvalue weighted by Gasteiger charge is -2.19. The molecule has 0 fully saturated rings. The summed E-state index contributed by atoms with van der Waals surface area (Å²) < 4.78 is 0. The predicted molar refractivity (Wildman–Crippen MR) is 94.3 cm³/mol. The van der Waals surface area contributed by atoms with E-state index in [4.69, 9.17) is 0 Å². The van der Waals surface area contributed by atoms with Crippen LogP contribution >= 0.6 is 11.3 Å². The minimum atomic E-state index is 0.533. The van der Waals surface area contributed by atoms with Crippen LogP contribution in [0.5, 0.6) is 0 Å². The number of rotatable bonds is 6. The van der Waals surface area contributed by atoms with Gasteiger partial charge < -0.3 is 10.2 Å². The Morgan fingerprint density at radius 3 is 2.62 bits per heavy atom. The van der Waals surface area contributed by atoms with Crippen LogP contribution < -0.4 is 10.2 Å². The molecule has 0 unspecified atom stereocenters. The number of nitrogens with zero attached hydrogens (tertiary/aromatic N) is 1. The average molecular weight is 302 g/mol. The van der Waals surface area contributed by atoms with Gasteiger partial charge in [-0.3, -0.25) is 0 Å². The minimum absolute atomic E-state index is 0.533. The Kier molecular flexibility index (Phi) is 5.43. The SMILES string of the molecule is Cc1cccc(N(C)Cc2cc(CNC(C)C)sc2C)c1. The molecule has 0 atom stereocenters. The van der Waals surface area contributed by atoms with Crippen LogP contribution in [0.2, 0.25) is 0 Å². The van der Waals surface area contributed by atoms with Crippen molar-refractivity contribution in [3.63, 3.8) is 0 Å². The van der Waals surface area contributed by atoms with Gasteiger partial charge in [-0.15, -0.1) is 11.3 Å². The lowest BCUT2D eigenvalue weighted by atomic mass is 10.2. The van der Waals surface area contributed by atoms with E-state index in [1.165, 1.54) is 26.6 Å². The molecule has 0 radical (unpaired) electrons. The third-order valence-electron chi connectivity index (χ3n) is 3.61. The Bertz CT molecular complexity index is 587. The molecule has 0 spiro atoms. The summed E-state index contributed by atoms with van der Waals surface area (Å²) in [6.07, 6.45) is 0. The van der Waals surface area contributed by atoms with Gasteiger partial charge in [0.2, 0.25) is 0 Å². The smallest absolute Gasteiger partial charge is 0.0437 e. The van der Waals surface area contributed by atoms with Gasteiger partial charge in [0.05, 0.1) is 0 Å². The normalized spacial score (nSPS) is 11.1. The van der Waals surface area contributed by atoms with Gasteiger partial charge in [-0.05, 0) is 43.2 Å². The van der Waals surface area contributed by atoms with E-state index in [1.807, 2.05) is 11.3 Å². The highest BCUT2D eigenvalue weighted by Crippen LogP contribution is 2.25. The fourth-order valence-corrected chi connectivity index (χ4v) is 3.35. The van der Waals surface area contributed by atoms with Crippen LogP contribution in [-0.4, -0.2) is 13.1 Å². The van der Waals surface area contributed by atoms with E-state index in [-0.39, 0.29) is 0 Å². The van der Waals surface area contributed by atoms with Crippen molar-refractivity contribution in [1.29, 1.82) is 0 Å². The predicted octanol–water partition coefficient (Wildman–Crippen LogP) is 4.50. The highest BCUT2D eigenvalue weighted by Gasteiger charge is 2.09. The summed E-state index contributed by atoms with van der Waals surface area (Å²) in [5, 5.41) is 3.49. The molecule has 0 amide bonds. The zero-order valence-corrected chi connectivity index (χ0v) is 14.6. The van der Waals surface area contributed by atoms with Crippen molar-refractivity contribution >= 4 is 17.0 Å². The third-order valence-corrected chi connectivity index (χ3v) is 4.70. The van der Waals surface area contributed by atoms with Crippen molar-refractivity contribution in [3.05, 3.63) is 51.2 Å². The molecule has 0 bridgehead atoms. The number of hydrogen-bond donors (Lipinski definition) is 1. The van der Waals surface area contributed by atoms with Crippen LogP contribution in [0.3, 0.4) is 0 Å². The lowest BCUT2D eigenvalue weighted by Crippen LogP contribution is -2.21. The van der Waals surface area contributed by atoms with Crippen LogP contribution in [0.1, 0.15) is 34.7 Å². The monoisotopic (exact) mass is 302 g/mol. The molecule has 114 valence electrons. The second-order valence-electron chi connectivity index (χ2n) is 6.02. The van der Waals surface area contributed by atoms with Gasteiger partial charge in [-0.2, -0.15) is 0 Å². The Morgan fingerprint density at radius 2 is 1.95 bits per heavy atom. The quantitative estimate of drug-likeness (QED) is 0.845. The van der Waals surface area contributed by atoms with Gasteiger partial charge >= 0.3 is 0 Å². The highest BCUT2D eigenvalue weighted by molar-refractivity contribution is 7.12. The highest BCUT2D eigenvalue weighted by atomic mass is 32.1. The van der Waals surface area contributed by atoms with Crippen molar-refractivity contribution < 1.29 is 0 Å². The molecule has 0 saturated heterocycles. The first-order valence-electron chi connectivity index (χ1n) is 7.55. The third kappa shape index (κ3) is 4.58. The van der Waals surface area contributed by atoms with Gasteiger partial charge in [0.1, 0.15) is 0 Å². The molecule has 0 aliphatic carbocycles. The van der Waals surface area contributed by atoms with Gasteiger partial charge in [0.15, 0.2) is 0 Å². The molecule has 1 aromatic carbocycles. The molecule has 1 aromatic heterocycles. The molecule has 21 heavy (non-hydrogen) atoms. The number of thiophene rings is 1. The minimum Gasteiger partial charge on any atom is -0.370 e. The van der Waals surface area contributed by atoms with Crippen LogP contribution in [0.4, 0.5) is 5.69 Å². The van der Waals surface area contributed by atoms with Gasteiger partial charge in [0.25, 0.3) is 0 Å². The molecule has 1 N–H and O–H groups in total. The number of hydrogen-bond acceptors (Lipinski definition) is 3. The number of aryl methyl sites for hydroxylation is 2. The van der Waals surface area contributed by atoms with E-state index in [1.54, 1.807) is 0 Å². The number of anilines is 1. The Balaban J connectivity index is 2.05. The Labute approximate surface area is 132 Å². The lowest BCUT2D eigenvalue weighted by molar-refractivity contribution is 0.593. The van der Waals surface area contributed by atoms with Crippen LogP contribution in [0, 0.1) is 13.8 Å². The summed E-state index contributed by atoms with van der Waals surface area (Å²) >= 11 is 1.91. The summed E-state index contributed by atoms with van der Waals surface area (Å²) in [6.45, 7) is 10.7. The summed E-state index contributed by atoms with van der Waals surface area (Å²) in [4.78, 5) is 5.17. The zero-order chi connectivity index (χ0) is 15.4. The second kappa shape index (κ2) is 7.10. The van der Waals surface area contributed by atoms with Crippen LogP contribution in [0.15, 0.2) is 30.3 Å². The van der Waals surface area contributed by atoms with E-state index in [0.29, 0.717) is 6.04 Å². The maximum Gasteiger partial charge on any atom is 0.0437 e. The van der Waals surface area contributed by atoms with Crippen LogP contribution in [-0.2, 0) is 13.1 Å². The van der Waals surface area contributed by atoms with Crippen molar-refractivity contribution in [1.82, 2.24) is 5.32 Å². The van der Waals surface area contributed by atoms with Crippen molar-refractivity contribution in [2.45, 2.75) is 46.8 Å².